The maximum Gasteiger partial charge on any atom is 0.163 e. The fraction of sp³-hybridized carbons (Fsp3) is 0.300. The van der Waals surface area contributed by atoms with E-state index < -0.39 is 5.60 Å². The Morgan fingerprint density at radius 2 is 2.38 bits per heavy atom. The molecule has 0 spiro atoms. The maximum atomic E-state index is 10.4. The number of terminal acetylenes is 1. The van der Waals surface area contributed by atoms with Crippen LogP contribution in [0.2, 0.25) is 0 Å². The predicted octanol–water partition coefficient (Wildman–Crippen LogP) is 2.35. The van der Waals surface area contributed by atoms with Crippen molar-refractivity contribution in [1.82, 2.24) is 0 Å². The molecule has 68 valence electrons. The minimum Gasteiger partial charge on any atom is -0.474 e. The van der Waals surface area contributed by atoms with Gasteiger partial charge in [-0.1, -0.05) is 5.92 Å². The molecule has 0 fully saturated rings. The Balaban J connectivity index is 2.76. The molecule has 0 atom stereocenters. The zero-order valence-electron chi connectivity index (χ0n) is 7.53. The molecular formula is C10H10O2S. The molecule has 0 bridgehead atoms. The lowest BCUT2D eigenvalue weighted by molar-refractivity contribution is 0.112. The quantitative estimate of drug-likeness (QED) is 0.545. The number of carbonyl (C=O) groups is 1. The summed E-state index contributed by atoms with van der Waals surface area (Å²) in [5, 5.41) is 1.77. The van der Waals surface area contributed by atoms with Crippen LogP contribution in [0.5, 0.6) is 5.75 Å². The summed E-state index contributed by atoms with van der Waals surface area (Å²) in [4.78, 5) is 11.0. The second-order valence-electron chi connectivity index (χ2n) is 3.06. The van der Waals surface area contributed by atoms with E-state index >= 15 is 0 Å². The van der Waals surface area contributed by atoms with Gasteiger partial charge in [0.2, 0.25) is 0 Å². The number of rotatable bonds is 3. The molecule has 0 aromatic carbocycles. The molecule has 13 heavy (non-hydrogen) atoms. The van der Waals surface area contributed by atoms with Crippen LogP contribution in [-0.2, 0) is 0 Å². The van der Waals surface area contributed by atoms with Gasteiger partial charge in [0.15, 0.2) is 11.9 Å². The van der Waals surface area contributed by atoms with Crippen molar-refractivity contribution < 1.29 is 9.53 Å². The summed E-state index contributed by atoms with van der Waals surface area (Å²) in [5.74, 6) is 3.16. The highest BCUT2D eigenvalue weighted by Crippen LogP contribution is 2.23. The van der Waals surface area contributed by atoms with Crippen molar-refractivity contribution in [2.45, 2.75) is 19.4 Å². The lowest BCUT2D eigenvalue weighted by Crippen LogP contribution is -2.25. The van der Waals surface area contributed by atoms with Gasteiger partial charge in [-0.15, -0.1) is 17.8 Å². The molecule has 0 saturated heterocycles. The van der Waals surface area contributed by atoms with Crippen molar-refractivity contribution in [3.05, 3.63) is 16.3 Å². The Labute approximate surface area is 81.5 Å². The van der Waals surface area contributed by atoms with Crippen LogP contribution in [0.25, 0.3) is 0 Å². The second-order valence-corrected chi connectivity index (χ2v) is 4.00. The molecule has 0 unspecified atom stereocenters. The number of carbonyl (C=O) groups excluding carboxylic acids is 1. The smallest absolute Gasteiger partial charge is 0.163 e. The Bertz CT molecular complexity index is 344. The van der Waals surface area contributed by atoms with Crippen LogP contribution in [-0.4, -0.2) is 11.9 Å². The number of aldehydes is 1. The van der Waals surface area contributed by atoms with Crippen LogP contribution in [0, 0.1) is 12.3 Å². The Morgan fingerprint density at radius 1 is 1.69 bits per heavy atom. The monoisotopic (exact) mass is 194 g/mol. The minimum absolute atomic E-state index is 0.624. The van der Waals surface area contributed by atoms with Gasteiger partial charge in [-0.25, -0.2) is 0 Å². The second kappa shape index (κ2) is 3.63. The van der Waals surface area contributed by atoms with Crippen molar-refractivity contribution >= 4 is 17.6 Å². The largest absolute Gasteiger partial charge is 0.474 e. The van der Waals surface area contributed by atoms with Gasteiger partial charge in [0, 0.05) is 11.4 Å². The molecule has 0 radical (unpaired) electrons. The number of thiophene rings is 1. The normalized spacial score (nSPS) is 10.5. The summed E-state index contributed by atoms with van der Waals surface area (Å²) in [6.07, 6.45) is 6.04. The molecule has 0 aliphatic rings. The van der Waals surface area contributed by atoms with E-state index in [0.29, 0.717) is 10.6 Å². The summed E-state index contributed by atoms with van der Waals surface area (Å²) in [6, 6.07) is 1.68. The molecule has 0 amide bonds. The van der Waals surface area contributed by atoms with Crippen LogP contribution in [0.4, 0.5) is 0 Å². The summed E-state index contributed by atoms with van der Waals surface area (Å²) in [5.41, 5.74) is -0.624. The molecule has 2 nitrogen and oxygen atoms in total. The molecular weight excluding hydrogens is 184 g/mol. The van der Waals surface area contributed by atoms with E-state index in [1.807, 2.05) is 0 Å². The summed E-state index contributed by atoms with van der Waals surface area (Å²) in [7, 11) is 0. The van der Waals surface area contributed by atoms with Gasteiger partial charge in [0.25, 0.3) is 0 Å². The molecule has 0 aliphatic carbocycles. The van der Waals surface area contributed by atoms with E-state index in [4.69, 9.17) is 11.2 Å². The average Bonchev–Trinajstić information content (AvgIpc) is 2.52. The van der Waals surface area contributed by atoms with Crippen LogP contribution in [0.3, 0.4) is 0 Å². The van der Waals surface area contributed by atoms with E-state index in [1.165, 1.54) is 11.3 Å². The molecule has 0 N–H and O–H groups in total. The molecule has 1 rings (SSSR count). The molecule has 0 aliphatic heterocycles. The van der Waals surface area contributed by atoms with Crippen molar-refractivity contribution in [1.29, 1.82) is 0 Å². The van der Waals surface area contributed by atoms with Gasteiger partial charge >= 0.3 is 0 Å². The van der Waals surface area contributed by atoms with Crippen LogP contribution in [0.15, 0.2) is 11.4 Å². The minimum atomic E-state index is -0.624. The SMILES string of the molecule is C#CC(C)(C)Oc1csc(C=O)c1. The van der Waals surface area contributed by atoms with E-state index in [2.05, 4.69) is 5.92 Å². The van der Waals surface area contributed by atoms with Crippen molar-refractivity contribution in [3.63, 3.8) is 0 Å². The Morgan fingerprint density at radius 3 is 2.85 bits per heavy atom. The number of hydrogen-bond acceptors (Lipinski definition) is 3. The van der Waals surface area contributed by atoms with E-state index in [9.17, 15) is 4.79 Å². The molecule has 0 saturated carbocycles. The Kier molecular flexibility index (Phi) is 2.74. The highest BCUT2D eigenvalue weighted by molar-refractivity contribution is 7.11. The summed E-state index contributed by atoms with van der Waals surface area (Å²) in [6.45, 7) is 3.59. The van der Waals surface area contributed by atoms with Crippen LogP contribution >= 0.6 is 11.3 Å². The molecule has 1 aromatic heterocycles. The van der Waals surface area contributed by atoms with E-state index in [0.717, 1.165) is 6.29 Å². The van der Waals surface area contributed by atoms with Gasteiger partial charge < -0.3 is 4.74 Å². The van der Waals surface area contributed by atoms with Gasteiger partial charge in [-0.3, -0.25) is 4.79 Å². The molecule has 1 aromatic rings. The third-order valence-corrected chi connectivity index (χ3v) is 2.27. The number of ether oxygens (including phenoxy) is 1. The molecule has 1 heterocycles. The molecule has 3 heteroatoms. The summed E-state index contributed by atoms with van der Waals surface area (Å²) >= 11 is 1.34. The van der Waals surface area contributed by atoms with Crippen molar-refractivity contribution in [2.24, 2.45) is 0 Å². The van der Waals surface area contributed by atoms with Crippen LogP contribution in [0.1, 0.15) is 23.5 Å². The van der Waals surface area contributed by atoms with Crippen molar-refractivity contribution in [3.8, 4) is 18.1 Å². The predicted molar refractivity (Wildman–Crippen MR) is 53.2 cm³/mol. The lowest BCUT2D eigenvalue weighted by atomic mass is 10.1. The first-order valence-electron chi connectivity index (χ1n) is 3.78. The van der Waals surface area contributed by atoms with Gasteiger partial charge in [0.1, 0.15) is 5.75 Å². The van der Waals surface area contributed by atoms with Gasteiger partial charge in [-0.2, -0.15) is 0 Å². The standard InChI is InChI=1S/C10H10O2S/c1-4-10(2,3)12-8-5-9(6-11)13-7-8/h1,5-7H,2-3H3. The third kappa shape index (κ3) is 2.60. The zero-order chi connectivity index (χ0) is 9.90. The van der Waals surface area contributed by atoms with Crippen molar-refractivity contribution in [2.75, 3.05) is 0 Å². The lowest BCUT2D eigenvalue weighted by Gasteiger charge is -2.18. The zero-order valence-corrected chi connectivity index (χ0v) is 8.35. The highest BCUT2D eigenvalue weighted by Gasteiger charge is 2.16. The van der Waals surface area contributed by atoms with Gasteiger partial charge in [0.05, 0.1) is 4.88 Å². The maximum absolute atomic E-state index is 10.4. The van der Waals surface area contributed by atoms with Gasteiger partial charge in [-0.05, 0) is 13.8 Å². The van der Waals surface area contributed by atoms with Crippen LogP contribution < -0.4 is 4.74 Å². The first-order valence-corrected chi connectivity index (χ1v) is 4.66. The highest BCUT2D eigenvalue weighted by atomic mass is 32.1. The average molecular weight is 194 g/mol. The third-order valence-electron chi connectivity index (χ3n) is 1.43. The number of hydrogen-bond donors (Lipinski definition) is 0. The topological polar surface area (TPSA) is 26.3 Å². The first-order chi connectivity index (χ1) is 6.07. The summed E-state index contributed by atoms with van der Waals surface area (Å²) < 4.78 is 5.45. The van der Waals surface area contributed by atoms with E-state index in [1.54, 1.807) is 25.3 Å². The first kappa shape index (κ1) is 9.82. The van der Waals surface area contributed by atoms with E-state index in [-0.39, 0.29) is 0 Å². The fourth-order valence-electron chi connectivity index (χ4n) is 0.774. The fourth-order valence-corrected chi connectivity index (χ4v) is 1.38. The Hall–Kier alpha value is -1.27.